The number of carbonyl (C=O) groups excluding carboxylic acids is 1. The summed E-state index contributed by atoms with van der Waals surface area (Å²) in [5.41, 5.74) is 0. The maximum absolute atomic E-state index is 11.0. The van der Waals surface area contributed by atoms with E-state index in [2.05, 4.69) is 0 Å². The fourth-order valence-electron chi connectivity index (χ4n) is 0.646. The van der Waals surface area contributed by atoms with Gasteiger partial charge in [-0.25, -0.2) is 0 Å². The average molecular weight is 264 g/mol. The molecule has 13 heavy (non-hydrogen) atoms. The van der Waals surface area contributed by atoms with E-state index >= 15 is 0 Å². The first-order valence-electron chi connectivity index (χ1n) is 4.18. The molecular weight excluding hydrogens is 251 g/mol. The van der Waals surface area contributed by atoms with Crippen molar-refractivity contribution in [3.05, 3.63) is 0 Å². The Bertz CT molecular complexity index is 158. The molecule has 0 aromatic heterocycles. The van der Waals surface area contributed by atoms with Crippen LogP contribution in [0.25, 0.3) is 0 Å². The molecule has 0 atom stereocenters. The van der Waals surface area contributed by atoms with E-state index in [1.807, 2.05) is 6.92 Å². The van der Waals surface area contributed by atoms with Crippen LogP contribution < -0.4 is 0 Å². The highest BCUT2D eigenvalue weighted by atomic mass is 35.8. The topological polar surface area (TPSA) is 26.3 Å². The Morgan fingerprint density at radius 3 is 2.46 bits per heavy atom. The van der Waals surface area contributed by atoms with Gasteiger partial charge in [-0.05, 0) is 12.5 Å². The van der Waals surface area contributed by atoms with Gasteiger partial charge in [0.2, 0.25) is 0 Å². The first kappa shape index (κ1) is 13.6. The number of hydrogen-bond acceptors (Lipinski definition) is 2. The third kappa shape index (κ3) is 10.5. The van der Waals surface area contributed by atoms with Gasteiger partial charge < -0.3 is 4.74 Å². The number of halogens is 3. The van der Waals surface area contributed by atoms with E-state index in [9.17, 15) is 4.79 Å². The summed E-state index contributed by atoms with van der Waals surface area (Å²) in [5, 5.41) is 0. The fraction of sp³-hybridized carbons (Fsp3) is 0.857. The maximum atomic E-state index is 11.0. The summed E-state index contributed by atoms with van der Waals surface area (Å²) in [6.07, 6.45) is 2.11. The Morgan fingerprint density at radius 1 is 1.38 bits per heavy atom. The molecule has 0 aliphatic heterocycles. The second-order valence-electron chi connectivity index (χ2n) is 2.69. The van der Waals surface area contributed by atoms with Crippen LogP contribution in [0.5, 0.6) is 0 Å². The van der Waals surface area contributed by atoms with E-state index in [0.29, 0.717) is 12.7 Å². The van der Waals surface area contributed by atoms with Crippen LogP contribution in [0.2, 0.25) is 6.04 Å². The van der Waals surface area contributed by atoms with Crippen molar-refractivity contribution in [3.8, 4) is 0 Å². The zero-order valence-corrected chi connectivity index (χ0v) is 10.8. The predicted molar refractivity (Wildman–Crippen MR) is 58.6 cm³/mol. The Labute approximate surface area is 93.6 Å². The third-order valence-corrected chi connectivity index (χ3v) is 3.89. The highest BCUT2D eigenvalue weighted by Gasteiger charge is 2.25. The molecule has 0 aliphatic rings. The van der Waals surface area contributed by atoms with Gasteiger partial charge in [-0.2, -0.15) is 0 Å². The van der Waals surface area contributed by atoms with Crippen LogP contribution >= 0.6 is 33.2 Å². The first-order chi connectivity index (χ1) is 5.95. The lowest BCUT2D eigenvalue weighted by Gasteiger charge is -2.07. The minimum atomic E-state index is -2.65. The second-order valence-corrected chi connectivity index (χ2v) is 12.0. The molecule has 0 heterocycles. The van der Waals surface area contributed by atoms with Crippen LogP contribution in [0.15, 0.2) is 0 Å². The molecule has 2 nitrogen and oxygen atoms in total. The summed E-state index contributed by atoms with van der Waals surface area (Å²) in [6.45, 7) is 2.50. The molecule has 0 saturated carbocycles. The Hall–Kier alpha value is 0.557. The maximum Gasteiger partial charge on any atom is 0.341 e. The van der Waals surface area contributed by atoms with Gasteiger partial charge in [-0.3, -0.25) is 4.79 Å². The van der Waals surface area contributed by atoms with Gasteiger partial charge in [0.1, 0.15) is 0 Å². The van der Waals surface area contributed by atoms with Gasteiger partial charge in [0.05, 0.1) is 6.61 Å². The number of rotatable bonds is 6. The van der Waals surface area contributed by atoms with Crippen molar-refractivity contribution < 1.29 is 9.53 Å². The largest absolute Gasteiger partial charge is 0.466 e. The van der Waals surface area contributed by atoms with Gasteiger partial charge in [0, 0.05) is 6.42 Å². The Kier molecular flexibility index (Phi) is 7.23. The molecular formula is C7H13Cl3O2Si. The lowest BCUT2D eigenvalue weighted by molar-refractivity contribution is -0.143. The molecule has 0 fully saturated rings. The molecule has 0 aromatic rings. The smallest absolute Gasteiger partial charge is 0.341 e. The van der Waals surface area contributed by atoms with E-state index in [1.54, 1.807) is 0 Å². The van der Waals surface area contributed by atoms with E-state index in [-0.39, 0.29) is 12.4 Å². The second kappa shape index (κ2) is 6.93. The van der Waals surface area contributed by atoms with Crippen molar-refractivity contribution >= 4 is 45.2 Å². The summed E-state index contributed by atoms with van der Waals surface area (Å²) < 4.78 is 4.89. The van der Waals surface area contributed by atoms with Crippen molar-refractivity contribution in [1.29, 1.82) is 0 Å². The highest BCUT2D eigenvalue weighted by Crippen LogP contribution is 2.26. The lowest BCUT2D eigenvalue weighted by atomic mass is 10.4. The number of hydrogen-bond donors (Lipinski definition) is 0. The molecule has 0 aromatic carbocycles. The summed E-state index contributed by atoms with van der Waals surface area (Å²) >= 11 is 16.8. The van der Waals surface area contributed by atoms with Crippen molar-refractivity contribution in [2.45, 2.75) is 32.2 Å². The van der Waals surface area contributed by atoms with Crippen molar-refractivity contribution in [1.82, 2.24) is 0 Å². The number of esters is 1. The quantitative estimate of drug-likeness (QED) is 0.318. The molecule has 0 spiro atoms. The number of carbonyl (C=O) groups is 1. The van der Waals surface area contributed by atoms with Crippen molar-refractivity contribution in [2.24, 2.45) is 0 Å². The molecule has 0 radical (unpaired) electrons. The molecule has 0 N–H and O–H groups in total. The fourth-order valence-corrected chi connectivity index (χ4v) is 1.98. The molecule has 0 rings (SSSR count). The van der Waals surface area contributed by atoms with Crippen LogP contribution in [-0.2, 0) is 9.53 Å². The van der Waals surface area contributed by atoms with Crippen LogP contribution in [-0.4, -0.2) is 18.6 Å². The van der Waals surface area contributed by atoms with Gasteiger partial charge in [-0.15, -0.1) is 33.2 Å². The third-order valence-electron chi connectivity index (χ3n) is 1.37. The van der Waals surface area contributed by atoms with Crippen LogP contribution in [0, 0.1) is 0 Å². The van der Waals surface area contributed by atoms with Crippen molar-refractivity contribution in [2.75, 3.05) is 6.61 Å². The molecule has 0 bridgehead atoms. The van der Waals surface area contributed by atoms with Gasteiger partial charge >= 0.3 is 12.0 Å². The predicted octanol–water partition coefficient (Wildman–Crippen LogP) is 3.38. The molecule has 78 valence electrons. The minimum Gasteiger partial charge on any atom is -0.466 e. The zero-order chi connectivity index (χ0) is 10.3. The molecule has 0 amide bonds. The summed E-state index contributed by atoms with van der Waals surface area (Å²) in [4.78, 5) is 11.0. The van der Waals surface area contributed by atoms with E-state index < -0.39 is 6.00 Å². The van der Waals surface area contributed by atoms with Crippen LogP contribution in [0.1, 0.15) is 26.2 Å². The monoisotopic (exact) mass is 262 g/mol. The normalized spacial score (nSPS) is 11.4. The first-order valence-corrected chi connectivity index (χ1v) is 9.42. The number of ether oxygens (including phenoxy) is 1. The number of unbranched alkanes of at least 4 members (excludes halogenated alkanes) is 1. The van der Waals surface area contributed by atoms with E-state index in [4.69, 9.17) is 38.0 Å². The van der Waals surface area contributed by atoms with Crippen molar-refractivity contribution in [3.63, 3.8) is 0 Å². The van der Waals surface area contributed by atoms with Gasteiger partial charge in [0.25, 0.3) is 0 Å². The summed E-state index contributed by atoms with van der Waals surface area (Å²) in [5.74, 6) is -0.271. The van der Waals surface area contributed by atoms with E-state index in [0.717, 1.165) is 12.8 Å². The van der Waals surface area contributed by atoms with Crippen LogP contribution in [0.3, 0.4) is 0 Å². The summed E-state index contributed by atoms with van der Waals surface area (Å²) in [7, 11) is 0. The Morgan fingerprint density at radius 2 is 2.00 bits per heavy atom. The SMILES string of the molecule is CCCCOC(=O)CC[Si](Cl)(Cl)Cl. The van der Waals surface area contributed by atoms with Gasteiger partial charge in [0.15, 0.2) is 0 Å². The van der Waals surface area contributed by atoms with Gasteiger partial charge in [-0.1, -0.05) is 13.3 Å². The van der Waals surface area contributed by atoms with E-state index in [1.165, 1.54) is 0 Å². The summed E-state index contributed by atoms with van der Waals surface area (Å²) in [6, 6.07) is -2.32. The molecule has 0 unspecified atom stereocenters. The molecule has 6 heteroatoms. The zero-order valence-electron chi connectivity index (χ0n) is 7.49. The van der Waals surface area contributed by atoms with Crippen LogP contribution in [0.4, 0.5) is 0 Å². The highest BCUT2D eigenvalue weighted by molar-refractivity contribution is 7.64. The Balaban J connectivity index is 3.41. The lowest BCUT2D eigenvalue weighted by Crippen LogP contribution is -2.13. The standard InChI is InChI=1S/C7H13Cl3O2Si/c1-2-3-5-12-7(11)4-6-13(8,9)10/h2-6H2,1H3. The minimum absolute atomic E-state index is 0.215. The average Bonchev–Trinajstić information content (AvgIpc) is 2.00. The molecule has 0 aliphatic carbocycles. The molecule has 0 saturated heterocycles.